The lowest BCUT2D eigenvalue weighted by Gasteiger charge is -2.08. The maximum Gasteiger partial charge on any atom is 0.119 e. The molecule has 0 aliphatic rings. The molecule has 1 unspecified atom stereocenters. The van der Waals surface area contributed by atoms with Gasteiger partial charge in [0.25, 0.3) is 0 Å². The fourth-order valence-corrected chi connectivity index (χ4v) is 3.72. The lowest BCUT2D eigenvalue weighted by Crippen LogP contribution is -1.94. The van der Waals surface area contributed by atoms with Gasteiger partial charge < -0.3 is 4.74 Å². The van der Waals surface area contributed by atoms with Gasteiger partial charge in [-0.1, -0.05) is 23.7 Å². The molecule has 1 heterocycles. The van der Waals surface area contributed by atoms with Gasteiger partial charge in [0.2, 0.25) is 0 Å². The van der Waals surface area contributed by atoms with Crippen LogP contribution in [0.1, 0.15) is 15.8 Å². The molecule has 0 bridgehead atoms. The van der Waals surface area contributed by atoms with Gasteiger partial charge in [0.15, 0.2) is 0 Å². The average molecular weight is 366 g/mol. The lowest BCUT2D eigenvalue weighted by atomic mass is 10.1. The molecule has 1 atom stereocenters. The minimum absolute atomic E-state index is 0.0779. The highest BCUT2D eigenvalue weighted by molar-refractivity contribution is 9.11. The molecule has 0 saturated heterocycles. The third-order valence-corrected chi connectivity index (χ3v) is 5.63. The number of benzene rings is 1. The van der Waals surface area contributed by atoms with E-state index in [1.165, 1.54) is 0 Å². The summed E-state index contributed by atoms with van der Waals surface area (Å²) in [6.07, 6.45) is 0.752. The zero-order valence-corrected chi connectivity index (χ0v) is 13.5. The van der Waals surface area contributed by atoms with Crippen molar-refractivity contribution in [2.45, 2.75) is 11.8 Å². The van der Waals surface area contributed by atoms with Crippen LogP contribution in [-0.4, -0.2) is 7.11 Å². The Labute approximate surface area is 129 Å². The molecular weight excluding hydrogens is 355 g/mol. The molecule has 96 valence electrons. The number of hydrogen-bond donors (Lipinski definition) is 0. The summed E-state index contributed by atoms with van der Waals surface area (Å²) < 4.78 is 6.12. The number of halogens is 3. The molecular formula is C13H11BrCl2OS. The van der Waals surface area contributed by atoms with Crippen molar-refractivity contribution in [3.05, 3.63) is 49.6 Å². The molecule has 1 aromatic heterocycles. The van der Waals surface area contributed by atoms with Crippen LogP contribution in [0.2, 0.25) is 5.02 Å². The summed E-state index contributed by atoms with van der Waals surface area (Å²) in [6, 6.07) is 9.84. The third-order valence-electron chi connectivity index (χ3n) is 2.52. The fraction of sp³-hybridized carbons (Fsp3) is 0.231. The van der Waals surface area contributed by atoms with E-state index in [9.17, 15) is 0 Å². The van der Waals surface area contributed by atoms with E-state index in [0.29, 0.717) is 5.02 Å². The molecule has 0 fully saturated rings. The number of rotatable bonds is 4. The highest BCUT2D eigenvalue weighted by Gasteiger charge is 2.14. The van der Waals surface area contributed by atoms with Gasteiger partial charge in [-0.3, -0.25) is 0 Å². The Hall–Kier alpha value is -0.220. The van der Waals surface area contributed by atoms with E-state index >= 15 is 0 Å². The number of alkyl halides is 1. The van der Waals surface area contributed by atoms with E-state index in [1.807, 2.05) is 30.3 Å². The standard InChI is InChI=1S/C13H11BrCl2OS/c1-17-9-4-2-3-8(5-9)6-10(15)12-7-11(16)13(14)18-12/h2-5,7,10H,6H2,1H3. The third kappa shape index (κ3) is 3.41. The molecule has 0 spiro atoms. The Balaban J connectivity index is 2.13. The predicted octanol–water partition coefficient (Wildman–Crippen LogP) is 5.70. The van der Waals surface area contributed by atoms with Crippen LogP contribution in [0.3, 0.4) is 0 Å². The second kappa shape index (κ2) is 6.29. The fourth-order valence-electron chi connectivity index (χ4n) is 1.62. The smallest absolute Gasteiger partial charge is 0.119 e. The van der Waals surface area contributed by atoms with Crippen LogP contribution >= 0.6 is 50.5 Å². The van der Waals surface area contributed by atoms with E-state index in [1.54, 1.807) is 18.4 Å². The molecule has 2 rings (SSSR count). The molecule has 0 N–H and O–H groups in total. The predicted molar refractivity (Wildman–Crippen MR) is 82.3 cm³/mol. The molecule has 0 aliphatic carbocycles. The first-order chi connectivity index (χ1) is 8.60. The van der Waals surface area contributed by atoms with Gasteiger partial charge in [0.1, 0.15) is 5.75 Å². The summed E-state index contributed by atoms with van der Waals surface area (Å²) in [5.41, 5.74) is 1.15. The van der Waals surface area contributed by atoms with Gasteiger partial charge in [-0.05, 0) is 46.1 Å². The molecule has 0 amide bonds. The Bertz CT molecular complexity index is 522. The Morgan fingerprint density at radius 2 is 2.17 bits per heavy atom. The van der Waals surface area contributed by atoms with E-state index in [-0.39, 0.29) is 5.38 Å². The zero-order valence-electron chi connectivity index (χ0n) is 9.62. The van der Waals surface area contributed by atoms with Gasteiger partial charge in [-0.15, -0.1) is 22.9 Å². The SMILES string of the molecule is COc1cccc(CC(Cl)c2cc(Cl)c(Br)s2)c1. The van der Waals surface area contributed by atoms with Crippen LogP contribution in [0.5, 0.6) is 5.75 Å². The van der Waals surface area contributed by atoms with Crippen LogP contribution in [0.4, 0.5) is 0 Å². The highest BCUT2D eigenvalue weighted by Crippen LogP contribution is 2.38. The average Bonchev–Trinajstić information content (AvgIpc) is 2.70. The second-order valence-electron chi connectivity index (χ2n) is 3.79. The zero-order chi connectivity index (χ0) is 13.1. The molecule has 5 heteroatoms. The van der Waals surface area contributed by atoms with E-state index in [0.717, 1.165) is 26.4 Å². The monoisotopic (exact) mass is 364 g/mol. The lowest BCUT2D eigenvalue weighted by molar-refractivity contribution is 0.414. The Morgan fingerprint density at radius 3 is 2.78 bits per heavy atom. The first-order valence-electron chi connectivity index (χ1n) is 5.32. The van der Waals surface area contributed by atoms with E-state index in [2.05, 4.69) is 15.9 Å². The first-order valence-corrected chi connectivity index (χ1v) is 7.74. The van der Waals surface area contributed by atoms with Crippen molar-refractivity contribution in [3.8, 4) is 5.75 Å². The van der Waals surface area contributed by atoms with Crippen molar-refractivity contribution in [2.24, 2.45) is 0 Å². The minimum atomic E-state index is -0.0779. The molecule has 1 nitrogen and oxygen atoms in total. The molecule has 1 aromatic carbocycles. The molecule has 0 saturated carbocycles. The van der Waals surface area contributed by atoms with Crippen molar-refractivity contribution >= 4 is 50.5 Å². The van der Waals surface area contributed by atoms with Crippen molar-refractivity contribution in [3.63, 3.8) is 0 Å². The maximum atomic E-state index is 6.41. The summed E-state index contributed by atoms with van der Waals surface area (Å²) in [6.45, 7) is 0. The summed E-state index contributed by atoms with van der Waals surface area (Å²) in [7, 11) is 1.66. The van der Waals surface area contributed by atoms with Crippen LogP contribution in [-0.2, 0) is 6.42 Å². The highest BCUT2D eigenvalue weighted by atomic mass is 79.9. The van der Waals surface area contributed by atoms with Crippen LogP contribution in [0.15, 0.2) is 34.1 Å². The minimum Gasteiger partial charge on any atom is -0.497 e. The summed E-state index contributed by atoms with van der Waals surface area (Å²) in [5, 5.41) is 0.636. The summed E-state index contributed by atoms with van der Waals surface area (Å²) in [5.74, 6) is 0.849. The first kappa shape index (κ1) is 14.2. The number of thiophene rings is 1. The molecule has 18 heavy (non-hydrogen) atoms. The number of methoxy groups -OCH3 is 1. The van der Waals surface area contributed by atoms with Gasteiger partial charge in [-0.25, -0.2) is 0 Å². The van der Waals surface area contributed by atoms with E-state index < -0.39 is 0 Å². The van der Waals surface area contributed by atoms with Gasteiger partial charge >= 0.3 is 0 Å². The van der Waals surface area contributed by atoms with Crippen molar-refractivity contribution in [1.29, 1.82) is 0 Å². The molecule has 2 aromatic rings. The van der Waals surface area contributed by atoms with Crippen LogP contribution in [0.25, 0.3) is 0 Å². The Morgan fingerprint density at radius 1 is 1.39 bits per heavy atom. The van der Waals surface area contributed by atoms with Crippen molar-refractivity contribution in [2.75, 3.05) is 7.11 Å². The van der Waals surface area contributed by atoms with Gasteiger partial charge in [-0.2, -0.15) is 0 Å². The Kier molecular flexibility index (Phi) is 4.96. The van der Waals surface area contributed by atoms with Gasteiger partial charge in [0.05, 0.1) is 21.3 Å². The number of hydrogen-bond acceptors (Lipinski definition) is 2. The van der Waals surface area contributed by atoms with Gasteiger partial charge in [0, 0.05) is 4.88 Å². The molecule has 0 radical (unpaired) electrons. The molecule has 0 aliphatic heterocycles. The number of ether oxygens (including phenoxy) is 1. The quantitative estimate of drug-likeness (QED) is 0.632. The topological polar surface area (TPSA) is 9.23 Å². The largest absolute Gasteiger partial charge is 0.497 e. The van der Waals surface area contributed by atoms with Crippen molar-refractivity contribution in [1.82, 2.24) is 0 Å². The summed E-state index contributed by atoms with van der Waals surface area (Å²) in [4.78, 5) is 1.07. The normalized spacial score (nSPS) is 12.4. The maximum absolute atomic E-state index is 6.41. The van der Waals surface area contributed by atoms with Crippen LogP contribution in [0, 0.1) is 0 Å². The van der Waals surface area contributed by atoms with E-state index in [4.69, 9.17) is 27.9 Å². The summed E-state index contributed by atoms with van der Waals surface area (Å²) >= 11 is 17.4. The second-order valence-corrected chi connectivity index (χ2v) is 7.13. The van der Waals surface area contributed by atoms with Crippen LogP contribution < -0.4 is 4.74 Å². The van der Waals surface area contributed by atoms with Crippen molar-refractivity contribution < 1.29 is 4.74 Å².